The number of aryl methyl sites for hydroxylation is 1. The molecule has 0 saturated heterocycles. The number of anilines is 1. The van der Waals surface area contributed by atoms with Crippen molar-refractivity contribution in [2.75, 3.05) is 19.1 Å². The van der Waals surface area contributed by atoms with Crippen LogP contribution in [0.3, 0.4) is 0 Å². The zero-order chi connectivity index (χ0) is 14.5. The van der Waals surface area contributed by atoms with Crippen molar-refractivity contribution in [3.8, 4) is 5.75 Å². The Kier molecular flexibility index (Phi) is 4.64. The summed E-state index contributed by atoms with van der Waals surface area (Å²) in [5.41, 5.74) is 10.6. The van der Waals surface area contributed by atoms with Crippen LogP contribution in [0.5, 0.6) is 5.75 Å². The van der Waals surface area contributed by atoms with E-state index in [1.54, 1.807) is 7.11 Å². The molecule has 2 N–H and O–H groups in total. The van der Waals surface area contributed by atoms with E-state index in [1.807, 2.05) is 12.1 Å². The van der Waals surface area contributed by atoms with E-state index in [0.717, 1.165) is 12.3 Å². The van der Waals surface area contributed by atoms with Crippen molar-refractivity contribution in [2.45, 2.75) is 20.0 Å². The zero-order valence-electron chi connectivity index (χ0n) is 12.4. The Balaban J connectivity index is 2.12. The van der Waals surface area contributed by atoms with E-state index >= 15 is 0 Å². The van der Waals surface area contributed by atoms with Gasteiger partial charge in [-0.2, -0.15) is 0 Å². The smallest absolute Gasteiger partial charge is 0.119 e. The van der Waals surface area contributed by atoms with E-state index < -0.39 is 0 Å². The summed E-state index contributed by atoms with van der Waals surface area (Å²) < 4.78 is 5.18. The van der Waals surface area contributed by atoms with Crippen LogP contribution in [0.2, 0.25) is 0 Å². The van der Waals surface area contributed by atoms with Gasteiger partial charge in [-0.15, -0.1) is 0 Å². The van der Waals surface area contributed by atoms with E-state index in [4.69, 9.17) is 10.5 Å². The van der Waals surface area contributed by atoms with Gasteiger partial charge in [-0.1, -0.05) is 18.2 Å². The van der Waals surface area contributed by atoms with Gasteiger partial charge in [-0.3, -0.25) is 0 Å². The predicted octanol–water partition coefficient (Wildman–Crippen LogP) is 3.10. The number of nitrogens with two attached hydrogens (primary N) is 1. The van der Waals surface area contributed by atoms with Gasteiger partial charge in [0.1, 0.15) is 5.75 Å². The molecule has 0 fully saturated rings. The van der Waals surface area contributed by atoms with Crippen LogP contribution in [0.15, 0.2) is 42.5 Å². The molecule has 2 aromatic rings. The van der Waals surface area contributed by atoms with Crippen LogP contribution in [-0.2, 0) is 13.1 Å². The second-order valence-corrected chi connectivity index (χ2v) is 5.02. The third-order valence-electron chi connectivity index (χ3n) is 3.56. The van der Waals surface area contributed by atoms with Gasteiger partial charge in [0, 0.05) is 25.8 Å². The van der Waals surface area contributed by atoms with Crippen molar-refractivity contribution in [3.05, 3.63) is 59.2 Å². The van der Waals surface area contributed by atoms with Crippen molar-refractivity contribution in [1.82, 2.24) is 0 Å². The second-order valence-electron chi connectivity index (χ2n) is 5.02. The fraction of sp³-hybridized carbons (Fsp3) is 0.294. The first-order valence-electron chi connectivity index (χ1n) is 6.77. The Bertz CT molecular complexity index is 564. The fourth-order valence-electron chi connectivity index (χ4n) is 2.25. The van der Waals surface area contributed by atoms with Crippen LogP contribution in [0.25, 0.3) is 0 Å². The standard InChI is InChI=1S/C17H22N2O/c1-13-10-14(11-18)4-5-15(13)12-19(2)16-6-8-17(20-3)9-7-16/h4-10H,11-12,18H2,1-3H3. The highest BCUT2D eigenvalue weighted by Gasteiger charge is 2.05. The van der Waals surface area contributed by atoms with Gasteiger partial charge < -0.3 is 15.4 Å². The summed E-state index contributed by atoms with van der Waals surface area (Å²) >= 11 is 0. The summed E-state index contributed by atoms with van der Waals surface area (Å²) in [6, 6.07) is 14.5. The van der Waals surface area contributed by atoms with E-state index in [1.165, 1.54) is 22.4 Å². The molecule has 0 bridgehead atoms. The highest BCUT2D eigenvalue weighted by atomic mass is 16.5. The molecule has 3 nitrogen and oxygen atoms in total. The Morgan fingerprint density at radius 3 is 2.35 bits per heavy atom. The molecule has 0 aliphatic rings. The molecule has 0 amide bonds. The lowest BCUT2D eigenvalue weighted by Gasteiger charge is -2.21. The van der Waals surface area contributed by atoms with Crippen LogP contribution in [0.4, 0.5) is 5.69 Å². The molecule has 0 saturated carbocycles. The predicted molar refractivity (Wildman–Crippen MR) is 84.2 cm³/mol. The molecule has 0 radical (unpaired) electrons. The van der Waals surface area contributed by atoms with Crippen LogP contribution in [-0.4, -0.2) is 14.2 Å². The average molecular weight is 270 g/mol. The molecule has 2 aromatic carbocycles. The van der Waals surface area contributed by atoms with Gasteiger partial charge in [0.25, 0.3) is 0 Å². The average Bonchev–Trinajstić information content (AvgIpc) is 2.49. The Hall–Kier alpha value is -2.00. The van der Waals surface area contributed by atoms with Gasteiger partial charge in [-0.05, 0) is 47.9 Å². The summed E-state index contributed by atoms with van der Waals surface area (Å²) in [5.74, 6) is 0.880. The SMILES string of the molecule is COc1ccc(N(C)Cc2ccc(CN)cc2C)cc1. The molecular weight excluding hydrogens is 248 g/mol. The van der Waals surface area contributed by atoms with Gasteiger partial charge >= 0.3 is 0 Å². The third-order valence-corrected chi connectivity index (χ3v) is 3.56. The van der Waals surface area contributed by atoms with Gasteiger partial charge in [0.15, 0.2) is 0 Å². The second kappa shape index (κ2) is 6.44. The molecule has 20 heavy (non-hydrogen) atoms. The largest absolute Gasteiger partial charge is 0.497 e. The lowest BCUT2D eigenvalue weighted by atomic mass is 10.0. The van der Waals surface area contributed by atoms with E-state index in [2.05, 4.69) is 49.2 Å². The normalized spacial score (nSPS) is 10.4. The third kappa shape index (κ3) is 3.31. The van der Waals surface area contributed by atoms with Crippen molar-refractivity contribution >= 4 is 5.69 Å². The monoisotopic (exact) mass is 270 g/mol. The first-order valence-corrected chi connectivity index (χ1v) is 6.77. The maximum absolute atomic E-state index is 5.67. The number of ether oxygens (including phenoxy) is 1. The lowest BCUT2D eigenvalue weighted by Crippen LogP contribution is -2.17. The summed E-state index contributed by atoms with van der Waals surface area (Å²) in [6.07, 6.45) is 0. The molecule has 2 rings (SSSR count). The van der Waals surface area contributed by atoms with E-state index in [-0.39, 0.29) is 0 Å². The first-order chi connectivity index (χ1) is 9.63. The number of hydrogen-bond donors (Lipinski definition) is 1. The number of hydrogen-bond acceptors (Lipinski definition) is 3. The van der Waals surface area contributed by atoms with Gasteiger partial charge in [0.2, 0.25) is 0 Å². The van der Waals surface area contributed by atoms with Gasteiger partial charge in [-0.25, -0.2) is 0 Å². The summed E-state index contributed by atoms with van der Waals surface area (Å²) in [7, 11) is 3.78. The number of methoxy groups -OCH3 is 1. The quantitative estimate of drug-likeness (QED) is 0.907. The van der Waals surface area contributed by atoms with Gasteiger partial charge in [0.05, 0.1) is 7.11 Å². The van der Waals surface area contributed by atoms with Crippen LogP contribution in [0.1, 0.15) is 16.7 Å². The fourth-order valence-corrected chi connectivity index (χ4v) is 2.25. The topological polar surface area (TPSA) is 38.5 Å². The minimum absolute atomic E-state index is 0.593. The summed E-state index contributed by atoms with van der Waals surface area (Å²) in [5, 5.41) is 0. The van der Waals surface area contributed by atoms with Crippen molar-refractivity contribution in [3.63, 3.8) is 0 Å². The van der Waals surface area contributed by atoms with Crippen LogP contribution < -0.4 is 15.4 Å². The molecule has 0 unspecified atom stereocenters. The van der Waals surface area contributed by atoms with Crippen molar-refractivity contribution < 1.29 is 4.74 Å². The van der Waals surface area contributed by atoms with Crippen LogP contribution in [0, 0.1) is 6.92 Å². The molecular formula is C17H22N2O. The summed E-state index contributed by atoms with van der Waals surface area (Å²) in [6.45, 7) is 3.61. The molecule has 106 valence electrons. The molecule has 0 atom stereocenters. The summed E-state index contributed by atoms with van der Waals surface area (Å²) in [4.78, 5) is 2.23. The Morgan fingerprint density at radius 2 is 1.80 bits per heavy atom. The number of rotatable bonds is 5. The zero-order valence-corrected chi connectivity index (χ0v) is 12.4. The highest BCUT2D eigenvalue weighted by molar-refractivity contribution is 5.49. The molecule has 0 spiro atoms. The van der Waals surface area contributed by atoms with Crippen molar-refractivity contribution in [2.24, 2.45) is 5.73 Å². The maximum atomic E-state index is 5.67. The van der Waals surface area contributed by atoms with E-state index in [0.29, 0.717) is 6.54 Å². The maximum Gasteiger partial charge on any atom is 0.119 e. The lowest BCUT2D eigenvalue weighted by molar-refractivity contribution is 0.415. The first kappa shape index (κ1) is 14.4. The molecule has 0 aromatic heterocycles. The molecule has 0 aliphatic carbocycles. The Morgan fingerprint density at radius 1 is 1.10 bits per heavy atom. The Labute approximate surface area is 121 Å². The number of nitrogens with zero attached hydrogens (tertiary/aromatic N) is 1. The number of benzene rings is 2. The van der Waals surface area contributed by atoms with E-state index in [9.17, 15) is 0 Å². The minimum Gasteiger partial charge on any atom is -0.497 e. The minimum atomic E-state index is 0.593. The van der Waals surface area contributed by atoms with Crippen molar-refractivity contribution in [1.29, 1.82) is 0 Å². The molecule has 3 heteroatoms. The highest BCUT2D eigenvalue weighted by Crippen LogP contribution is 2.21. The molecule has 0 aliphatic heterocycles. The molecule has 0 heterocycles. The van der Waals surface area contributed by atoms with Crippen LogP contribution >= 0.6 is 0 Å².